The number of hydrogen-bond acceptors (Lipinski definition) is 3. The van der Waals surface area contributed by atoms with Crippen molar-refractivity contribution in [2.24, 2.45) is 5.92 Å². The van der Waals surface area contributed by atoms with E-state index in [2.05, 4.69) is 20.5 Å². The average molecular weight is 244 g/mol. The summed E-state index contributed by atoms with van der Waals surface area (Å²) < 4.78 is 0. The molecule has 0 bridgehead atoms. The molecule has 0 aliphatic carbocycles. The predicted molar refractivity (Wildman–Crippen MR) is 69.9 cm³/mol. The van der Waals surface area contributed by atoms with E-state index in [0.29, 0.717) is 18.2 Å². The van der Waals surface area contributed by atoms with E-state index in [9.17, 15) is 4.79 Å². The number of nitrogens with one attached hydrogen (secondary N) is 2. The predicted octanol–water partition coefficient (Wildman–Crippen LogP) is 2.46. The molecule has 2 aromatic rings. The molecule has 2 N–H and O–H groups in total. The SMILES string of the molecule is CC(C)CC(=O)Nc1cc(-c2ccncc2)[nH]n1. The van der Waals surface area contributed by atoms with Crippen LogP contribution < -0.4 is 5.32 Å². The largest absolute Gasteiger partial charge is 0.309 e. The Hall–Kier alpha value is -2.17. The number of pyridine rings is 1. The molecule has 0 saturated heterocycles. The summed E-state index contributed by atoms with van der Waals surface area (Å²) in [4.78, 5) is 15.5. The number of carbonyl (C=O) groups excluding carboxylic acids is 1. The molecule has 0 unspecified atom stereocenters. The first-order chi connectivity index (χ1) is 8.65. The maximum Gasteiger partial charge on any atom is 0.225 e. The molecule has 0 atom stereocenters. The van der Waals surface area contributed by atoms with Gasteiger partial charge in [0, 0.05) is 30.4 Å². The van der Waals surface area contributed by atoms with E-state index in [4.69, 9.17) is 0 Å². The fourth-order valence-corrected chi connectivity index (χ4v) is 1.63. The molecule has 1 amide bonds. The number of hydrogen-bond donors (Lipinski definition) is 2. The van der Waals surface area contributed by atoms with Gasteiger partial charge < -0.3 is 5.32 Å². The van der Waals surface area contributed by atoms with E-state index < -0.39 is 0 Å². The highest BCUT2D eigenvalue weighted by Crippen LogP contribution is 2.18. The van der Waals surface area contributed by atoms with Crippen LogP contribution >= 0.6 is 0 Å². The summed E-state index contributed by atoms with van der Waals surface area (Å²) in [5.74, 6) is 0.869. The molecule has 0 fully saturated rings. The van der Waals surface area contributed by atoms with Gasteiger partial charge in [-0.3, -0.25) is 14.9 Å². The second kappa shape index (κ2) is 5.44. The summed E-state index contributed by atoms with van der Waals surface area (Å²) in [6, 6.07) is 5.58. The van der Waals surface area contributed by atoms with Gasteiger partial charge in [0.1, 0.15) is 0 Å². The second-order valence-corrected chi connectivity index (χ2v) is 4.55. The zero-order valence-corrected chi connectivity index (χ0v) is 10.5. The molecular weight excluding hydrogens is 228 g/mol. The third-order valence-electron chi connectivity index (χ3n) is 2.43. The van der Waals surface area contributed by atoms with Crippen LogP contribution in [0.15, 0.2) is 30.6 Å². The van der Waals surface area contributed by atoms with Crippen LogP contribution in [-0.2, 0) is 4.79 Å². The van der Waals surface area contributed by atoms with Crippen molar-refractivity contribution in [1.82, 2.24) is 15.2 Å². The van der Waals surface area contributed by atoms with E-state index in [1.165, 1.54) is 0 Å². The topological polar surface area (TPSA) is 70.7 Å². The van der Waals surface area contributed by atoms with Crippen molar-refractivity contribution in [2.75, 3.05) is 5.32 Å². The molecule has 5 heteroatoms. The molecule has 0 aliphatic heterocycles. The lowest BCUT2D eigenvalue weighted by atomic mass is 10.1. The molecule has 2 heterocycles. The summed E-state index contributed by atoms with van der Waals surface area (Å²) in [6.45, 7) is 4.01. The smallest absolute Gasteiger partial charge is 0.225 e. The number of anilines is 1. The van der Waals surface area contributed by atoms with Crippen molar-refractivity contribution in [2.45, 2.75) is 20.3 Å². The van der Waals surface area contributed by atoms with Gasteiger partial charge in [-0.1, -0.05) is 13.8 Å². The third-order valence-corrected chi connectivity index (χ3v) is 2.43. The minimum absolute atomic E-state index is 0.0159. The van der Waals surface area contributed by atoms with E-state index in [1.807, 2.05) is 32.0 Å². The molecule has 2 rings (SSSR count). The van der Waals surface area contributed by atoms with Crippen LogP contribution in [0.25, 0.3) is 11.3 Å². The number of H-pyrrole nitrogens is 1. The highest BCUT2D eigenvalue weighted by Gasteiger charge is 2.08. The number of rotatable bonds is 4. The van der Waals surface area contributed by atoms with Crippen LogP contribution in [0.3, 0.4) is 0 Å². The Labute approximate surface area is 106 Å². The van der Waals surface area contributed by atoms with Crippen LogP contribution in [0.1, 0.15) is 20.3 Å². The van der Waals surface area contributed by atoms with Gasteiger partial charge in [-0.15, -0.1) is 0 Å². The van der Waals surface area contributed by atoms with Gasteiger partial charge >= 0.3 is 0 Å². The molecule has 5 nitrogen and oxygen atoms in total. The van der Waals surface area contributed by atoms with Crippen LogP contribution in [0.2, 0.25) is 0 Å². The van der Waals surface area contributed by atoms with Crippen molar-refractivity contribution >= 4 is 11.7 Å². The summed E-state index contributed by atoms with van der Waals surface area (Å²) >= 11 is 0. The van der Waals surface area contributed by atoms with Crippen molar-refractivity contribution < 1.29 is 4.79 Å². The second-order valence-electron chi connectivity index (χ2n) is 4.55. The molecule has 2 aromatic heterocycles. The number of aromatic amines is 1. The van der Waals surface area contributed by atoms with E-state index in [1.54, 1.807) is 12.4 Å². The standard InChI is InChI=1S/C13H16N4O/c1-9(2)7-13(18)15-12-8-11(16-17-12)10-3-5-14-6-4-10/h3-6,8-9H,7H2,1-2H3,(H2,15,16,17,18). The highest BCUT2D eigenvalue weighted by molar-refractivity contribution is 5.90. The van der Waals surface area contributed by atoms with Gasteiger partial charge in [-0.05, 0) is 18.1 Å². The molecule has 0 aliphatic rings. The molecule has 18 heavy (non-hydrogen) atoms. The minimum Gasteiger partial charge on any atom is -0.309 e. The van der Waals surface area contributed by atoms with E-state index in [-0.39, 0.29) is 5.91 Å². The average Bonchev–Trinajstić information content (AvgIpc) is 2.77. The monoisotopic (exact) mass is 244 g/mol. The molecule has 0 aromatic carbocycles. The van der Waals surface area contributed by atoms with Crippen molar-refractivity contribution in [3.8, 4) is 11.3 Å². The Morgan fingerprint density at radius 1 is 1.39 bits per heavy atom. The van der Waals surface area contributed by atoms with Crippen LogP contribution in [0.5, 0.6) is 0 Å². The summed E-state index contributed by atoms with van der Waals surface area (Å²) in [5, 5.41) is 9.72. The zero-order chi connectivity index (χ0) is 13.0. The number of aromatic nitrogens is 3. The van der Waals surface area contributed by atoms with E-state index in [0.717, 1.165) is 11.3 Å². The maximum atomic E-state index is 11.6. The van der Waals surface area contributed by atoms with Crippen LogP contribution in [0, 0.1) is 5.92 Å². The zero-order valence-electron chi connectivity index (χ0n) is 10.5. The van der Waals surface area contributed by atoms with Crippen molar-refractivity contribution in [3.05, 3.63) is 30.6 Å². The highest BCUT2D eigenvalue weighted by atomic mass is 16.1. The Morgan fingerprint density at radius 3 is 2.78 bits per heavy atom. The fraction of sp³-hybridized carbons (Fsp3) is 0.308. The molecule has 0 saturated carbocycles. The van der Waals surface area contributed by atoms with Gasteiger partial charge in [0.2, 0.25) is 5.91 Å². The first kappa shape index (κ1) is 12.3. The molecule has 0 spiro atoms. The first-order valence-corrected chi connectivity index (χ1v) is 5.91. The molecule has 0 radical (unpaired) electrons. The Morgan fingerprint density at radius 2 is 2.11 bits per heavy atom. The quantitative estimate of drug-likeness (QED) is 0.867. The first-order valence-electron chi connectivity index (χ1n) is 5.91. The Bertz CT molecular complexity index is 519. The van der Waals surface area contributed by atoms with Gasteiger partial charge in [0.15, 0.2) is 5.82 Å². The maximum absolute atomic E-state index is 11.6. The lowest BCUT2D eigenvalue weighted by Crippen LogP contribution is -2.13. The fourth-order valence-electron chi connectivity index (χ4n) is 1.63. The van der Waals surface area contributed by atoms with Crippen molar-refractivity contribution in [1.29, 1.82) is 0 Å². The van der Waals surface area contributed by atoms with Gasteiger partial charge in [0.05, 0.1) is 5.69 Å². The van der Waals surface area contributed by atoms with Gasteiger partial charge in [0.25, 0.3) is 0 Å². The summed E-state index contributed by atoms with van der Waals surface area (Å²) in [7, 11) is 0. The van der Waals surface area contributed by atoms with Gasteiger partial charge in [-0.25, -0.2) is 0 Å². The lowest BCUT2D eigenvalue weighted by Gasteiger charge is -2.03. The Balaban J connectivity index is 2.05. The van der Waals surface area contributed by atoms with Crippen LogP contribution in [0.4, 0.5) is 5.82 Å². The molecule has 94 valence electrons. The number of amides is 1. The summed E-state index contributed by atoms with van der Waals surface area (Å²) in [5.41, 5.74) is 1.85. The number of nitrogens with zero attached hydrogens (tertiary/aromatic N) is 2. The summed E-state index contributed by atoms with van der Waals surface area (Å²) in [6.07, 6.45) is 3.93. The van der Waals surface area contributed by atoms with Gasteiger partial charge in [-0.2, -0.15) is 5.10 Å². The minimum atomic E-state index is -0.0159. The van der Waals surface area contributed by atoms with E-state index >= 15 is 0 Å². The lowest BCUT2D eigenvalue weighted by molar-refractivity contribution is -0.116. The normalized spacial score (nSPS) is 10.6. The molecular formula is C13H16N4O. The Kier molecular flexibility index (Phi) is 3.72. The third kappa shape index (κ3) is 3.16. The number of carbonyl (C=O) groups is 1. The van der Waals surface area contributed by atoms with Crippen LogP contribution in [-0.4, -0.2) is 21.1 Å². The van der Waals surface area contributed by atoms with Crippen molar-refractivity contribution in [3.63, 3.8) is 0 Å².